The van der Waals surface area contributed by atoms with Crippen LogP contribution in [-0.4, -0.2) is 15.9 Å². The lowest BCUT2D eigenvalue weighted by molar-refractivity contribution is 0.0996. The van der Waals surface area contributed by atoms with E-state index in [1.165, 1.54) is 6.20 Å². The average molecular weight is 293 g/mol. The molecule has 0 aliphatic rings. The summed E-state index contributed by atoms with van der Waals surface area (Å²) >= 11 is 3.36. The smallest absolute Gasteiger partial charge is 0.271 e. The molecule has 0 unspecified atom stereocenters. The summed E-state index contributed by atoms with van der Waals surface area (Å²) in [6, 6.07) is 7.48. The molecule has 0 bridgehead atoms. The number of nitrogens with two attached hydrogens (primary N) is 2. The minimum atomic E-state index is -0.688. The van der Waals surface area contributed by atoms with Crippen molar-refractivity contribution in [3.05, 3.63) is 40.6 Å². The van der Waals surface area contributed by atoms with Crippen LogP contribution >= 0.6 is 15.9 Å². The van der Waals surface area contributed by atoms with Gasteiger partial charge in [-0.15, -0.1) is 0 Å². The maximum Gasteiger partial charge on any atom is 0.271 e. The summed E-state index contributed by atoms with van der Waals surface area (Å²) in [6.07, 6.45) is 1.50. The van der Waals surface area contributed by atoms with Gasteiger partial charge in [0, 0.05) is 10.0 Å². The lowest BCUT2D eigenvalue weighted by Gasteiger charge is -2.04. The van der Waals surface area contributed by atoms with Gasteiger partial charge >= 0.3 is 0 Å². The Balaban J connectivity index is 2.54. The number of benzene rings is 1. The number of aromatic nitrogens is 2. The topological polar surface area (TPSA) is 94.9 Å². The van der Waals surface area contributed by atoms with Crippen LogP contribution in [0.4, 0.5) is 5.82 Å². The molecule has 86 valence electrons. The minimum absolute atomic E-state index is 0.0116. The maximum absolute atomic E-state index is 11.1. The number of amides is 1. The third-order valence-corrected chi connectivity index (χ3v) is 2.65. The van der Waals surface area contributed by atoms with E-state index in [0.29, 0.717) is 5.69 Å². The van der Waals surface area contributed by atoms with Gasteiger partial charge in [0.15, 0.2) is 11.5 Å². The zero-order valence-corrected chi connectivity index (χ0v) is 10.3. The summed E-state index contributed by atoms with van der Waals surface area (Å²) in [4.78, 5) is 19.1. The second-order valence-electron chi connectivity index (χ2n) is 3.36. The zero-order valence-electron chi connectivity index (χ0n) is 8.72. The predicted molar refractivity (Wildman–Crippen MR) is 68.1 cm³/mol. The lowest BCUT2D eigenvalue weighted by Crippen LogP contribution is -2.16. The summed E-state index contributed by atoms with van der Waals surface area (Å²) in [7, 11) is 0. The van der Waals surface area contributed by atoms with Crippen LogP contribution in [0.2, 0.25) is 0 Å². The predicted octanol–water partition coefficient (Wildman–Crippen LogP) is 1.59. The van der Waals surface area contributed by atoms with Crippen LogP contribution in [-0.2, 0) is 0 Å². The first-order valence-electron chi connectivity index (χ1n) is 4.76. The molecule has 2 aromatic rings. The molecule has 0 spiro atoms. The van der Waals surface area contributed by atoms with Gasteiger partial charge in [-0.2, -0.15) is 0 Å². The van der Waals surface area contributed by atoms with E-state index in [4.69, 9.17) is 11.5 Å². The van der Waals surface area contributed by atoms with E-state index < -0.39 is 5.91 Å². The van der Waals surface area contributed by atoms with Crippen molar-refractivity contribution < 1.29 is 4.79 Å². The first-order chi connectivity index (χ1) is 8.08. The quantitative estimate of drug-likeness (QED) is 0.879. The second kappa shape index (κ2) is 4.50. The van der Waals surface area contributed by atoms with E-state index in [-0.39, 0.29) is 11.5 Å². The fourth-order valence-corrected chi connectivity index (χ4v) is 1.77. The van der Waals surface area contributed by atoms with Crippen LogP contribution in [0.25, 0.3) is 11.3 Å². The van der Waals surface area contributed by atoms with E-state index in [9.17, 15) is 4.79 Å². The van der Waals surface area contributed by atoms with Crippen molar-refractivity contribution in [2.45, 2.75) is 0 Å². The summed E-state index contributed by atoms with van der Waals surface area (Å²) in [5.41, 5.74) is 12.0. The molecule has 4 N–H and O–H groups in total. The van der Waals surface area contributed by atoms with Crippen LogP contribution in [0, 0.1) is 0 Å². The monoisotopic (exact) mass is 292 g/mol. The fourth-order valence-electron chi connectivity index (χ4n) is 1.37. The number of halogens is 1. The van der Waals surface area contributed by atoms with Gasteiger partial charge in [-0.1, -0.05) is 28.1 Å². The largest absolute Gasteiger partial charge is 0.382 e. The van der Waals surface area contributed by atoms with Crippen LogP contribution in [0.5, 0.6) is 0 Å². The molecule has 1 aromatic carbocycles. The SMILES string of the molecule is NC(=O)c1nc(-c2cccc(Br)c2)cnc1N. The highest BCUT2D eigenvalue weighted by molar-refractivity contribution is 9.10. The number of nitrogens with zero attached hydrogens (tertiary/aromatic N) is 2. The lowest BCUT2D eigenvalue weighted by atomic mass is 10.1. The summed E-state index contributed by atoms with van der Waals surface area (Å²) < 4.78 is 0.911. The highest BCUT2D eigenvalue weighted by Gasteiger charge is 2.11. The molecule has 5 nitrogen and oxygen atoms in total. The Kier molecular flexibility index (Phi) is 3.06. The van der Waals surface area contributed by atoms with Gasteiger partial charge in [0.2, 0.25) is 0 Å². The Bertz CT molecular complexity index is 585. The van der Waals surface area contributed by atoms with Gasteiger partial charge in [-0.3, -0.25) is 4.79 Å². The number of carbonyl (C=O) groups is 1. The highest BCUT2D eigenvalue weighted by atomic mass is 79.9. The van der Waals surface area contributed by atoms with Gasteiger partial charge in [-0.25, -0.2) is 9.97 Å². The van der Waals surface area contributed by atoms with E-state index in [2.05, 4.69) is 25.9 Å². The van der Waals surface area contributed by atoms with Crippen molar-refractivity contribution in [1.82, 2.24) is 9.97 Å². The third-order valence-electron chi connectivity index (χ3n) is 2.15. The van der Waals surface area contributed by atoms with E-state index in [1.54, 1.807) is 0 Å². The molecule has 17 heavy (non-hydrogen) atoms. The van der Waals surface area contributed by atoms with E-state index >= 15 is 0 Å². The van der Waals surface area contributed by atoms with Crippen LogP contribution in [0.1, 0.15) is 10.5 Å². The van der Waals surface area contributed by atoms with Gasteiger partial charge in [0.05, 0.1) is 11.9 Å². The molecule has 0 aliphatic heterocycles. The first-order valence-corrected chi connectivity index (χ1v) is 5.55. The van der Waals surface area contributed by atoms with Gasteiger partial charge < -0.3 is 11.5 Å². The van der Waals surface area contributed by atoms with Crippen LogP contribution in [0.3, 0.4) is 0 Å². The molecule has 0 fully saturated rings. The molecule has 1 heterocycles. The molecular weight excluding hydrogens is 284 g/mol. The van der Waals surface area contributed by atoms with Crippen molar-refractivity contribution in [1.29, 1.82) is 0 Å². The molecule has 2 rings (SSSR count). The normalized spacial score (nSPS) is 10.2. The molecule has 0 atom stereocenters. The zero-order chi connectivity index (χ0) is 12.4. The molecule has 0 aliphatic carbocycles. The Morgan fingerprint density at radius 1 is 1.35 bits per heavy atom. The molecular formula is C11H9BrN4O. The number of anilines is 1. The van der Waals surface area contributed by atoms with Crippen molar-refractivity contribution in [2.75, 3.05) is 5.73 Å². The number of nitrogen functional groups attached to an aromatic ring is 1. The average Bonchev–Trinajstić information content (AvgIpc) is 2.29. The third kappa shape index (κ3) is 2.42. The first kappa shape index (κ1) is 11.5. The molecule has 6 heteroatoms. The van der Waals surface area contributed by atoms with E-state index in [0.717, 1.165) is 10.0 Å². The van der Waals surface area contributed by atoms with Gasteiger partial charge in [0.1, 0.15) is 0 Å². The van der Waals surface area contributed by atoms with Crippen LogP contribution < -0.4 is 11.5 Å². The number of primary amides is 1. The van der Waals surface area contributed by atoms with Crippen molar-refractivity contribution in [2.24, 2.45) is 5.73 Å². The van der Waals surface area contributed by atoms with Gasteiger partial charge in [-0.05, 0) is 12.1 Å². The summed E-state index contributed by atoms with van der Waals surface area (Å²) in [5.74, 6) is -0.650. The molecule has 0 saturated carbocycles. The fraction of sp³-hybridized carbons (Fsp3) is 0. The van der Waals surface area contributed by atoms with Crippen LogP contribution in [0.15, 0.2) is 34.9 Å². The van der Waals surface area contributed by atoms with Gasteiger partial charge in [0.25, 0.3) is 5.91 Å². The van der Waals surface area contributed by atoms with Crippen molar-refractivity contribution in [3.8, 4) is 11.3 Å². The standard InChI is InChI=1S/C11H9BrN4O/c12-7-3-1-2-6(4-7)8-5-15-10(13)9(16-8)11(14)17/h1-5H,(H2,13,15)(H2,14,17). The Morgan fingerprint density at radius 2 is 2.12 bits per heavy atom. The number of hydrogen-bond acceptors (Lipinski definition) is 4. The minimum Gasteiger partial charge on any atom is -0.382 e. The summed E-state index contributed by atoms with van der Waals surface area (Å²) in [6.45, 7) is 0. The molecule has 1 amide bonds. The Morgan fingerprint density at radius 3 is 2.76 bits per heavy atom. The van der Waals surface area contributed by atoms with E-state index in [1.807, 2.05) is 24.3 Å². The van der Waals surface area contributed by atoms with Crippen molar-refractivity contribution in [3.63, 3.8) is 0 Å². The Hall–Kier alpha value is -1.95. The molecule has 0 saturated heterocycles. The maximum atomic E-state index is 11.1. The van der Waals surface area contributed by atoms with Crippen molar-refractivity contribution >= 4 is 27.7 Å². The molecule has 0 radical (unpaired) electrons. The number of carbonyl (C=O) groups excluding carboxylic acids is 1. The highest BCUT2D eigenvalue weighted by Crippen LogP contribution is 2.21. The number of rotatable bonds is 2. The second-order valence-corrected chi connectivity index (χ2v) is 4.28. The molecule has 1 aromatic heterocycles. The summed E-state index contributed by atoms with van der Waals surface area (Å²) in [5, 5.41) is 0. The number of hydrogen-bond donors (Lipinski definition) is 2. The Labute approximate surface area is 106 Å².